The summed E-state index contributed by atoms with van der Waals surface area (Å²) in [6, 6.07) is 17.0. The molecule has 0 radical (unpaired) electrons. The number of likely N-dealkylation sites (N-methyl/N-ethyl adjacent to an activating group) is 1. The minimum absolute atomic E-state index is 0.374. The molecule has 0 aliphatic carbocycles. The summed E-state index contributed by atoms with van der Waals surface area (Å²) < 4.78 is 25.2. The van der Waals surface area contributed by atoms with E-state index < -0.39 is 0 Å². The van der Waals surface area contributed by atoms with Crippen LogP contribution in [0.25, 0.3) is 10.9 Å². The summed E-state index contributed by atoms with van der Waals surface area (Å²) >= 11 is 6.45. The highest BCUT2D eigenvalue weighted by Gasteiger charge is 2.13. The number of nitrogens with zero attached hydrogens (tertiary/aromatic N) is 4. The normalized spacial score (nSPS) is 14.6. The van der Waals surface area contributed by atoms with Crippen LogP contribution in [0.1, 0.15) is 6.42 Å². The number of nitrogens with one attached hydrogen (secondary N) is 1. The van der Waals surface area contributed by atoms with Crippen LogP contribution in [0.4, 0.5) is 15.9 Å². The zero-order valence-corrected chi connectivity index (χ0v) is 21.4. The Bertz CT molecular complexity index is 1360. The Balaban J connectivity index is 1.23. The van der Waals surface area contributed by atoms with Crippen LogP contribution in [-0.2, 0) is 0 Å². The van der Waals surface area contributed by atoms with Crippen molar-refractivity contribution < 1.29 is 13.9 Å². The SMILES string of the molecule is CN1CCN(CCCOc2ccc3ncnc(Nc4ccc(Oc5cccc(F)c5)c(Cl)c4)c3c2)CC1. The summed E-state index contributed by atoms with van der Waals surface area (Å²) in [6.07, 6.45) is 2.49. The number of hydrogen-bond donors (Lipinski definition) is 1. The molecule has 0 amide bonds. The molecule has 1 fully saturated rings. The first-order valence-electron chi connectivity index (χ1n) is 12.3. The Labute approximate surface area is 220 Å². The average molecular weight is 522 g/mol. The van der Waals surface area contributed by atoms with Crippen LogP contribution >= 0.6 is 11.6 Å². The van der Waals surface area contributed by atoms with E-state index >= 15 is 0 Å². The molecule has 1 aromatic heterocycles. The van der Waals surface area contributed by atoms with E-state index in [0.717, 1.165) is 61.5 Å². The predicted octanol–water partition coefficient (Wildman–Crippen LogP) is 5.97. The van der Waals surface area contributed by atoms with Crippen molar-refractivity contribution in [3.05, 3.63) is 77.8 Å². The number of rotatable bonds is 9. The van der Waals surface area contributed by atoms with Gasteiger partial charge in [0, 0.05) is 49.9 Å². The van der Waals surface area contributed by atoms with Crippen LogP contribution in [0.3, 0.4) is 0 Å². The van der Waals surface area contributed by atoms with Gasteiger partial charge in [-0.25, -0.2) is 14.4 Å². The summed E-state index contributed by atoms with van der Waals surface area (Å²) in [4.78, 5) is 13.7. The number of anilines is 2. The average Bonchev–Trinajstić information content (AvgIpc) is 2.89. The Kier molecular flexibility index (Phi) is 7.99. The highest BCUT2D eigenvalue weighted by molar-refractivity contribution is 6.32. The Hall–Kier alpha value is -3.46. The van der Waals surface area contributed by atoms with E-state index in [1.165, 1.54) is 18.5 Å². The Morgan fingerprint density at radius 2 is 1.84 bits per heavy atom. The van der Waals surface area contributed by atoms with Crippen LogP contribution < -0.4 is 14.8 Å². The van der Waals surface area contributed by atoms with Gasteiger partial charge in [0.25, 0.3) is 0 Å². The molecule has 0 bridgehead atoms. The first-order chi connectivity index (χ1) is 18.0. The highest BCUT2D eigenvalue weighted by atomic mass is 35.5. The summed E-state index contributed by atoms with van der Waals surface area (Å²) in [7, 11) is 2.17. The standard InChI is InChI=1S/C28H29ClFN5O2/c1-34-11-13-35(14-12-34)10-3-15-36-22-7-8-26-24(18-22)28(32-19-31-26)33-21-6-9-27(25(29)17-21)37-23-5-2-4-20(30)16-23/h2,4-9,16-19H,3,10-15H2,1H3,(H,31,32,33). The highest BCUT2D eigenvalue weighted by Crippen LogP contribution is 2.34. The second kappa shape index (κ2) is 11.7. The zero-order chi connectivity index (χ0) is 25.6. The fourth-order valence-corrected chi connectivity index (χ4v) is 4.45. The quantitative estimate of drug-likeness (QED) is 0.272. The summed E-state index contributed by atoms with van der Waals surface area (Å²) in [5.74, 6) is 1.85. The van der Waals surface area contributed by atoms with E-state index in [1.807, 2.05) is 24.3 Å². The number of hydrogen-bond acceptors (Lipinski definition) is 7. The van der Waals surface area contributed by atoms with Crippen molar-refractivity contribution in [2.24, 2.45) is 0 Å². The maximum Gasteiger partial charge on any atom is 0.146 e. The first kappa shape index (κ1) is 25.2. The molecule has 3 aromatic carbocycles. The molecule has 1 aliphatic rings. The topological polar surface area (TPSA) is 62.8 Å². The van der Waals surface area contributed by atoms with Crippen molar-refractivity contribution >= 4 is 34.0 Å². The first-order valence-corrected chi connectivity index (χ1v) is 12.7. The van der Waals surface area contributed by atoms with Crippen LogP contribution in [0.5, 0.6) is 17.2 Å². The van der Waals surface area contributed by atoms with Gasteiger partial charge in [-0.15, -0.1) is 0 Å². The molecule has 7 nitrogen and oxygen atoms in total. The smallest absolute Gasteiger partial charge is 0.146 e. The summed E-state index contributed by atoms with van der Waals surface area (Å²) in [5, 5.41) is 4.54. The number of halogens is 2. The van der Waals surface area contributed by atoms with Crippen LogP contribution in [0.2, 0.25) is 5.02 Å². The minimum Gasteiger partial charge on any atom is -0.494 e. The zero-order valence-electron chi connectivity index (χ0n) is 20.7. The lowest BCUT2D eigenvalue weighted by Gasteiger charge is -2.32. The number of ether oxygens (including phenoxy) is 2. The monoisotopic (exact) mass is 521 g/mol. The van der Waals surface area contributed by atoms with Gasteiger partial charge in [-0.3, -0.25) is 0 Å². The van der Waals surface area contributed by atoms with Gasteiger partial charge in [0.05, 0.1) is 17.1 Å². The fraction of sp³-hybridized carbons (Fsp3) is 0.286. The Morgan fingerprint density at radius 1 is 0.973 bits per heavy atom. The maximum atomic E-state index is 13.5. The van der Waals surface area contributed by atoms with E-state index in [9.17, 15) is 4.39 Å². The number of benzene rings is 3. The summed E-state index contributed by atoms with van der Waals surface area (Å²) in [5.41, 5.74) is 1.54. The van der Waals surface area contributed by atoms with E-state index in [4.69, 9.17) is 21.1 Å². The predicted molar refractivity (Wildman–Crippen MR) is 145 cm³/mol. The van der Waals surface area contributed by atoms with Gasteiger partial charge < -0.3 is 24.6 Å². The van der Waals surface area contributed by atoms with Crippen molar-refractivity contribution in [1.82, 2.24) is 19.8 Å². The molecule has 192 valence electrons. The Morgan fingerprint density at radius 3 is 2.65 bits per heavy atom. The second-order valence-corrected chi connectivity index (χ2v) is 9.49. The van der Waals surface area contributed by atoms with Gasteiger partial charge in [0.1, 0.15) is 35.2 Å². The molecular weight excluding hydrogens is 493 g/mol. The van der Waals surface area contributed by atoms with Crippen LogP contribution in [-0.4, -0.2) is 66.1 Å². The molecule has 37 heavy (non-hydrogen) atoms. The van der Waals surface area contributed by atoms with Gasteiger partial charge in [-0.05, 0) is 62.0 Å². The van der Waals surface area contributed by atoms with Crippen molar-refractivity contribution in [1.29, 1.82) is 0 Å². The molecule has 0 spiro atoms. The summed E-state index contributed by atoms with van der Waals surface area (Å²) in [6.45, 7) is 6.15. The second-order valence-electron chi connectivity index (χ2n) is 9.08. The molecule has 9 heteroatoms. The van der Waals surface area contributed by atoms with Crippen molar-refractivity contribution in [2.45, 2.75) is 6.42 Å². The maximum absolute atomic E-state index is 13.5. The van der Waals surface area contributed by atoms with Gasteiger partial charge in [-0.1, -0.05) is 17.7 Å². The van der Waals surface area contributed by atoms with E-state index in [2.05, 4.69) is 32.1 Å². The third-order valence-electron chi connectivity index (χ3n) is 6.31. The van der Waals surface area contributed by atoms with Crippen molar-refractivity contribution in [2.75, 3.05) is 51.7 Å². The molecule has 4 aromatic rings. The van der Waals surface area contributed by atoms with E-state index in [-0.39, 0.29) is 5.82 Å². The van der Waals surface area contributed by atoms with Crippen LogP contribution in [0.15, 0.2) is 67.0 Å². The van der Waals surface area contributed by atoms with Gasteiger partial charge in [0.2, 0.25) is 0 Å². The minimum atomic E-state index is -0.374. The van der Waals surface area contributed by atoms with Crippen molar-refractivity contribution in [3.63, 3.8) is 0 Å². The lowest BCUT2D eigenvalue weighted by molar-refractivity contribution is 0.145. The number of aromatic nitrogens is 2. The molecular formula is C28H29ClFN5O2. The molecule has 1 N–H and O–H groups in total. The largest absolute Gasteiger partial charge is 0.494 e. The number of fused-ring (bicyclic) bond motifs is 1. The molecule has 1 aliphatic heterocycles. The lowest BCUT2D eigenvalue weighted by Crippen LogP contribution is -2.44. The molecule has 0 saturated carbocycles. The van der Waals surface area contributed by atoms with E-state index in [1.54, 1.807) is 24.3 Å². The van der Waals surface area contributed by atoms with Crippen LogP contribution in [0, 0.1) is 5.82 Å². The molecule has 5 rings (SSSR count). The van der Waals surface area contributed by atoms with Gasteiger partial charge in [0.15, 0.2) is 0 Å². The third kappa shape index (κ3) is 6.65. The van der Waals surface area contributed by atoms with E-state index in [0.29, 0.717) is 28.9 Å². The molecule has 0 atom stereocenters. The van der Waals surface area contributed by atoms with Gasteiger partial charge in [-0.2, -0.15) is 0 Å². The van der Waals surface area contributed by atoms with Crippen molar-refractivity contribution in [3.8, 4) is 17.2 Å². The molecule has 0 unspecified atom stereocenters. The fourth-order valence-electron chi connectivity index (χ4n) is 4.23. The lowest BCUT2D eigenvalue weighted by atomic mass is 10.2. The molecule has 1 saturated heterocycles. The van der Waals surface area contributed by atoms with Gasteiger partial charge >= 0.3 is 0 Å². The molecule has 2 heterocycles. The number of piperazine rings is 1. The third-order valence-corrected chi connectivity index (χ3v) is 6.60.